The van der Waals surface area contributed by atoms with E-state index in [0.29, 0.717) is 27.0 Å². The zero-order chi connectivity index (χ0) is 23.1. The number of esters is 2. The van der Waals surface area contributed by atoms with E-state index in [1.807, 2.05) is 0 Å². The number of Topliss-reactive ketones (excluding diaryl/α,β-unsaturated/α-hetero) is 2. The van der Waals surface area contributed by atoms with Crippen molar-refractivity contribution in [3.63, 3.8) is 0 Å². The van der Waals surface area contributed by atoms with Crippen LogP contribution < -0.4 is 4.74 Å². The van der Waals surface area contributed by atoms with Crippen molar-refractivity contribution in [3.05, 3.63) is 50.8 Å². The molecule has 0 aliphatic carbocycles. The minimum Gasteiger partial charge on any atom is -0.496 e. The van der Waals surface area contributed by atoms with Gasteiger partial charge in [-0.1, -0.05) is 15.9 Å². The molecule has 9 heteroatoms. The van der Waals surface area contributed by atoms with E-state index in [4.69, 9.17) is 14.2 Å². The Morgan fingerprint density at radius 2 is 1.74 bits per heavy atom. The number of carbonyl (C=O) groups excluding carboxylic acids is 4. The fraction of sp³-hybridized carbons (Fsp3) is 0.364. The highest BCUT2D eigenvalue weighted by molar-refractivity contribution is 9.10. The van der Waals surface area contributed by atoms with Gasteiger partial charge in [-0.2, -0.15) is 0 Å². The van der Waals surface area contributed by atoms with Crippen LogP contribution in [0.15, 0.2) is 22.7 Å². The van der Waals surface area contributed by atoms with Gasteiger partial charge in [0.15, 0.2) is 12.4 Å². The van der Waals surface area contributed by atoms with Gasteiger partial charge in [0, 0.05) is 22.2 Å². The van der Waals surface area contributed by atoms with Crippen LogP contribution >= 0.6 is 15.9 Å². The molecule has 0 unspecified atom stereocenters. The van der Waals surface area contributed by atoms with Crippen LogP contribution in [0.4, 0.5) is 0 Å². The van der Waals surface area contributed by atoms with E-state index in [9.17, 15) is 19.2 Å². The lowest BCUT2D eigenvalue weighted by atomic mass is 10.1. The van der Waals surface area contributed by atoms with Gasteiger partial charge in [0.25, 0.3) is 0 Å². The number of ether oxygens (including phenoxy) is 3. The first-order valence-electron chi connectivity index (χ1n) is 9.61. The van der Waals surface area contributed by atoms with Crippen molar-refractivity contribution in [3.8, 4) is 5.75 Å². The molecule has 166 valence electrons. The maximum absolute atomic E-state index is 12.5. The van der Waals surface area contributed by atoms with Crippen LogP contribution in [0.25, 0.3) is 0 Å². The smallest absolute Gasteiger partial charge is 0.355 e. The molecule has 8 nitrogen and oxygen atoms in total. The predicted molar refractivity (Wildman–Crippen MR) is 116 cm³/mol. The monoisotopic (exact) mass is 493 g/mol. The summed E-state index contributed by atoms with van der Waals surface area (Å²) in [5, 5.41) is 0. The first-order chi connectivity index (χ1) is 14.7. The number of aromatic amines is 1. The van der Waals surface area contributed by atoms with Crippen LogP contribution in [-0.2, 0) is 14.3 Å². The zero-order valence-electron chi connectivity index (χ0n) is 17.8. The number of benzene rings is 1. The fourth-order valence-corrected chi connectivity index (χ4v) is 3.48. The molecule has 2 rings (SSSR count). The van der Waals surface area contributed by atoms with E-state index in [1.54, 1.807) is 39.0 Å². The number of nitrogens with one attached hydrogen (secondary N) is 1. The SMILES string of the molecule is CCOC(=O)c1[nH]c(C)c(C(=O)COC(=O)CCC(=O)c2cc(Br)ccc2OC)c1C. The Labute approximate surface area is 188 Å². The second-order valence-corrected chi connectivity index (χ2v) is 7.61. The van der Waals surface area contributed by atoms with E-state index >= 15 is 0 Å². The number of aromatic nitrogens is 1. The molecule has 1 heterocycles. The average Bonchev–Trinajstić information content (AvgIpc) is 3.04. The molecule has 0 aliphatic heterocycles. The quantitative estimate of drug-likeness (QED) is 0.393. The molecule has 0 aliphatic rings. The summed E-state index contributed by atoms with van der Waals surface area (Å²) in [6.07, 6.45) is -0.268. The van der Waals surface area contributed by atoms with Gasteiger partial charge >= 0.3 is 11.9 Å². The molecule has 0 amide bonds. The summed E-state index contributed by atoms with van der Waals surface area (Å²) in [5.74, 6) is -1.55. The maximum Gasteiger partial charge on any atom is 0.355 e. The standard InChI is InChI=1S/C22H24BrNO7/c1-5-30-22(28)21-12(2)20(13(3)24-21)17(26)11-31-19(27)9-7-16(25)15-10-14(23)6-8-18(15)29-4/h6,8,10,24H,5,7,9,11H2,1-4H3. The average molecular weight is 494 g/mol. The first-order valence-corrected chi connectivity index (χ1v) is 10.4. The number of aryl methyl sites for hydroxylation is 1. The van der Waals surface area contributed by atoms with Gasteiger partial charge in [-0.15, -0.1) is 0 Å². The number of hydrogen-bond donors (Lipinski definition) is 1. The molecule has 0 spiro atoms. The minimum atomic E-state index is -0.674. The molecule has 0 atom stereocenters. The Balaban J connectivity index is 1.95. The Bertz CT molecular complexity index is 1010. The number of carbonyl (C=O) groups is 4. The number of halogens is 1. The van der Waals surface area contributed by atoms with Crippen molar-refractivity contribution in [1.82, 2.24) is 4.98 Å². The van der Waals surface area contributed by atoms with Crippen LogP contribution in [0.3, 0.4) is 0 Å². The molecule has 0 radical (unpaired) electrons. The lowest BCUT2D eigenvalue weighted by Crippen LogP contribution is -2.16. The highest BCUT2D eigenvalue weighted by Gasteiger charge is 2.23. The van der Waals surface area contributed by atoms with Crippen LogP contribution in [0.2, 0.25) is 0 Å². The summed E-state index contributed by atoms with van der Waals surface area (Å²) in [6, 6.07) is 5.02. The van der Waals surface area contributed by atoms with Gasteiger partial charge < -0.3 is 19.2 Å². The molecule has 31 heavy (non-hydrogen) atoms. The predicted octanol–water partition coefficient (Wildman–Crippen LogP) is 3.97. The van der Waals surface area contributed by atoms with E-state index in [-0.39, 0.29) is 36.5 Å². The molecule has 2 aromatic rings. The number of hydrogen-bond acceptors (Lipinski definition) is 7. The summed E-state index contributed by atoms with van der Waals surface area (Å²) in [7, 11) is 1.46. The van der Waals surface area contributed by atoms with E-state index in [0.717, 1.165) is 0 Å². The third-order valence-corrected chi connectivity index (χ3v) is 5.07. The molecule has 0 fully saturated rings. The minimum absolute atomic E-state index is 0.0882. The second-order valence-electron chi connectivity index (χ2n) is 6.70. The van der Waals surface area contributed by atoms with Crippen molar-refractivity contribution in [2.24, 2.45) is 0 Å². The summed E-state index contributed by atoms with van der Waals surface area (Å²) >= 11 is 3.30. The molecule has 0 bridgehead atoms. The molecular formula is C22H24BrNO7. The summed E-state index contributed by atoms with van der Waals surface area (Å²) in [5.41, 5.74) is 1.76. The van der Waals surface area contributed by atoms with Crippen molar-refractivity contribution in [2.75, 3.05) is 20.3 Å². The number of methoxy groups -OCH3 is 1. The first kappa shape index (κ1) is 24.3. The van der Waals surface area contributed by atoms with Gasteiger partial charge in [0.05, 0.1) is 25.7 Å². The fourth-order valence-electron chi connectivity index (χ4n) is 3.11. The van der Waals surface area contributed by atoms with Crippen LogP contribution in [0.5, 0.6) is 5.75 Å². The number of ketones is 2. The summed E-state index contributed by atoms with van der Waals surface area (Å²) in [4.78, 5) is 51.8. The third kappa shape index (κ3) is 6.04. The van der Waals surface area contributed by atoms with Crippen molar-refractivity contribution in [1.29, 1.82) is 0 Å². The van der Waals surface area contributed by atoms with Crippen LogP contribution in [0.1, 0.15) is 62.2 Å². The summed E-state index contributed by atoms with van der Waals surface area (Å²) in [6.45, 7) is 4.67. The maximum atomic E-state index is 12.5. The van der Waals surface area contributed by atoms with E-state index < -0.39 is 24.3 Å². The molecule has 0 saturated heterocycles. The Hall–Kier alpha value is -2.94. The number of H-pyrrole nitrogens is 1. The van der Waals surface area contributed by atoms with Gasteiger partial charge in [-0.05, 0) is 44.5 Å². The lowest BCUT2D eigenvalue weighted by Gasteiger charge is -2.08. The molecule has 1 N–H and O–H groups in total. The molecule has 0 saturated carbocycles. The molecule has 1 aromatic carbocycles. The zero-order valence-corrected chi connectivity index (χ0v) is 19.4. The summed E-state index contributed by atoms with van der Waals surface area (Å²) < 4.78 is 15.9. The topological polar surface area (TPSA) is 112 Å². The molecular weight excluding hydrogens is 470 g/mol. The second kappa shape index (κ2) is 10.9. The highest BCUT2D eigenvalue weighted by atomic mass is 79.9. The lowest BCUT2D eigenvalue weighted by molar-refractivity contribution is -0.142. The van der Waals surface area contributed by atoms with Gasteiger partial charge in [0.1, 0.15) is 11.4 Å². The van der Waals surface area contributed by atoms with Gasteiger partial charge in [0.2, 0.25) is 5.78 Å². The Morgan fingerprint density at radius 1 is 1.03 bits per heavy atom. The van der Waals surface area contributed by atoms with Crippen molar-refractivity contribution < 1.29 is 33.4 Å². The Morgan fingerprint density at radius 3 is 2.39 bits per heavy atom. The highest BCUT2D eigenvalue weighted by Crippen LogP contribution is 2.25. The van der Waals surface area contributed by atoms with Crippen LogP contribution in [0, 0.1) is 13.8 Å². The van der Waals surface area contributed by atoms with Gasteiger partial charge in [-0.3, -0.25) is 14.4 Å². The Kier molecular flexibility index (Phi) is 8.56. The van der Waals surface area contributed by atoms with E-state index in [2.05, 4.69) is 20.9 Å². The largest absolute Gasteiger partial charge is 0.496 e. The van der Waals surface area contributed by atoms with Crippen molar-refractivity contribution in [2.45, 2.75) is 33.6 Å². The normalized spacial score (nSPS) is 10.5. The van der Waals surface area contributed by atoms with Gasteiger partial charge in [-0.25, -0.2) is 4.79 Å². The van der Waals surface area contributed by atoms with Crippen LogP contribution in [-0.4, -0.2) is 48.8 Å². The van der Waals surface area contributed by atoms with Crippen molar-refractivity contribution >= 4 is 39.4 Å². The molecule has 1 aromatic heterocycles. The van der Waals surface area contributed by atoms with E-state index in [1.165, 1.54) is 7.11 Å². The number of rotatable bonds is 10. The third-order valence-electron chi connectivity index (χ3n) is 4.58.